The minimum atomic E-state index is 0.872. The van der Waals surface area contributed by atoms with E-state index in [1.807, 2.05) is 0 Å². The second-order valence-electron chi connectivity index (χ2n) is 8.85. The van der Waals surface area contributed by atoms with Crippen molar-refractivity contribution in [2.24, 2.45) is 11.8 Å². The highest BCUT2D eigenvalue weighted by Crippen LogP contribution is 2.33. The number of aryl methyl sites for hydroxylation is 2. The summed E-state index contributed by atoms with van der Waals surface area (Å²) in [6, 6.07) is 16.5. The summed E-state index contributed by atoms with van der Waals surface area (Å²) >= 11 is 0. The van der Waals surface area contributed by atoms with Gasteiger partial charge in [-0.1, -0.05) is 88.9 Å². The molecule has 2 aromatic rings. The second-order valence-corrected chi connectivity index (χ2v) is 8.85. The van der Waals surface area contributed by atoms with Gasteiger partial charge in [0.25, 0.3) is 0 Å². The van der Waals surface area contributed by atoms with E-state index >= 15 is 0 Å². The van der Waals surface area contributed by atoms with Crippen LogP contribution in [0.3, 0.4) is 0 Å². The number of rotatable bonds is 9. The van der Waals surface area contributed by atoms with Crippen LogP contribution in [0.2, 0.25) is 0 Å². The van der Waals surface area contributed by atoms with E-state index in [4.69, 9.17) is 0 Å². The molecule has 27 heavy (non-hydrogen) atoms. The Morgan fingerprint density at radius 3 is 2.41 bits per heavy atom. The molecule has 1 aliphatic rings. The van der Waals surface area contributed by atoms with Crippen molar-refractivity contribution in [1.29, 1.82) is 0 Å². The van der Waals surface area contributed by atoms with E-state index < -0.39 is 0 Å². The smallest absolute Gasteiger partial charge is 0.0181 e. The molecule has 0 radical (unpaired) electrons. The predicted octanol–water partition coefficient (Wildman–Crippen LogP) is 8.02. The average Bonchev–Trinajstić information content (AvgIpc) is 2.71. The number of fused-ring (bicyclic) bond motifs is 1. The maximum absolute atomic E-state index is 2.46. The van der Waals surface area contributed by atoms with Gasteiger partial charge < -0.3 is 0 Å². The van der Waals surface area contributed by atoms with Gasteiger partial charge >= 0.3 is 0 Å². The zero-order chi connectivity index (χ0) is 19.1. The van der Waals surface area contributed by atoms with Gasteiger partial charge in [-0.2, -0.15) is 0 Å². The Balaban J connectivity index is 1.62. The van der Waals surface area contributed by atoms with Crippen LogP contribution in [0, 0.1) is 11.8 Å². The summed E-state index contributed by atoms with van der Waals surface area (Å²) in [6.07, 6.45) is 13.2. The van der Waals surface area contributed by atoms with E-state index in [0.29, 0.717) is 0 Å². The Hall–Kier alpha value is -1.56. The van der Waals surface area contributed by atoms with Gasteiger partial charge in [-0.05, 0) is 78.2 Å². The lowest BCUT2D eigenvalue weighted by atomic mass is 9.78. The van der Waals surface area contributed by atoms with Gasteiger partial charge in [0.2, 0.25) is 0 Å². The van der Waals surface area contributed by atoms with Crippen LogP contribution in [0.5, 0.6) is 0 Å². The molecule has 0 N–H and O–H groups in total. The van der Waals surface area contributed by atoms with E-state index in [0.717, 1.165) is 11.8 Å². The normalized spacial score (nSPS) is 17.5. The Morgan fingerprint density at radius 2 is 1.67 bits per heavy atom. The first-order valence-corrected chi connectivity index (χ1v) is 11.4. The van der Waals surface area contributed by atoms with Crippen LogP contribution in [-0.4, -0.2) is 0 Å². The molecule has 0 heterocycles. The number of unbranched alkanes of at least 4 members (excludes halogenated alkanes) is 3. The molecule has 0 saturated carbocycles. The van der Waals surface area contributed by atoms with Crippen molar-refractivity contribution in [3.63, 3.8) is 0 Å². The first-order chi connectivity index (χ1) is 13.2. The molecular formula is C27H38. The summed E-state index contributed by atoms with van der Waals surface area (Å²) < 4.78 is 0. The molecular weight excluding hydrogens is 324 g/mol. The number of hydrogen-bond acceptors (Lipinski definition) is 0. The lowest BCUT2D eigenvalue weighted by Crippen LogP contribution is -2.16. The van der Waals surface area contributed by atoms with Gasteiger partial charge in [0.15, 0.2) is 0 Å². The third kappa shape index (κ3) is 5.71. The van der Waals surface area contributed by atoms with Crippen LogP contribution in [0.4, 0.5) is 0 Å². The van der Waals surface area contributed by atoms with Crippen LogP contribution < -0.4 is 0 Å². The van der Waals surface area contributed by atoms with Crippen molar-refractivity contribution in [3.05, 3.63) is 59.2 Å². The highest BCUT2D eigenvalue weighted by Gasteiger charge is 2.20. The van der Waals surface area contributed by atoms with E-state index in [1.165, 1.54) is 80.9 Å². The van der Waals surface area contributed by atoms with E-state index in [-0.39, 0.29) is 0 Å². The summed E-state index contributed by atoms with van der Waals surface area (Å²) in [5.74, 6) is 1.77. The van der Waals surface area contributed by atoms with Crippen LogP contribution in [0.25, 0.3) is 11.1 Å². The third-order valence-electron chi connectivity index (χ3n) is 6.58. The topological polar surface area (TPSA) is 0 Å². The molecule has 0 aromatic heterocycles. The molecule has 1 aliphatic carbocycles. The minimum absolute atomic E-state index is 0.872. The monoisotopic (exact) mass is 362 g/mol. The molecule has 0 saturated heterocycles. The molecule has 0 bridgehead atoms. The highest BCUT2D eigenvalue weighted by molar-refractivity contribution is 5.65. The van der Waals surface area contributed by atoms with Crippen LogP contribution >= 0.6 is 0 Å². The molecule has 2 aromatic carbocycles. The lowest BCUT2D eigenvalue weighted by Gasteiger charge is -2.27. The highest BCUT2D eigenvalue weighted by atomic mass is 14.3. The zero-order valence-electron chi connectivity index (χ0n) is 17.8. The van der Waals surface area contributed by atoms with Crippen molar-refractivity contribution in [2.75, 3.05) is 0 Å². The molecule has 3 rings (SSSR count). The fraction of sp³-hybridized carbons (Fsp3) is 0.556. The van der Waals surface area contributed by atoms with Crippen molar-refractivity contribution in [3.8, 4) is 11.1 Å². The van der Waals surface area contributed by atoms with E-state index in [9.17, 15) is 0 Å². The molecule has 146 valence electrons. The lowest BCUT2D eigenvalue weighted by molar-refractivity contribution is 0.349. The third-order valence-corrected chi connectivity index (χ3v) is 6.58. The first-order valence-electron chi connectivity index (χ1n) is 11.4. The molecule has 0 spiro atoms. The standard InChI is InChI=1S/C27H38/c1-4-6-7-8-9-22-10-13-24(14-11-22)26-17-16-25-19-23(18-21(3)5-2)12-15-27(25)20-26/h10-11,13-14,16-17,20-21,23H,4-9,12,15,18-19H2,1-3H3. The maximum Gasteiger partial charge on any atom is -0.0181 e. The number of hydrogen-bond donors (Lipinski definition) is 0. The maximum atomic E-state index is 2.46. The van der Waals surface area contributed by atoms with Crippen molar-refractivity contribution in [2.45, 2.75) is 85.0 Å². The van der Waals surface area contributed by atoms with Gasteiger partial charge in [-0.3, -0.25) is 0 Å². The first kappa shape index (κ1) is 20.2. The minimum Gasteiger partial charge on any atom is -0.0654 e. The van der Waals surface area contributed by atoms with Crippen molar-refractivity contribution >= 4 is 0 Å². The molecule has 0 nitrogen and oxygen atoms in total. The number of benzene rings is 2. The van der Waals surface area contributed by atoms with Gasteiger partial charge in [-0.15, -0.1) is 0 Å². The Morgan fingerprint density at radius 1 is 0.889 bits per heavy atom. The molecule has 0 heteroatoms. The van der Waals surface area contributed by atoms with Gasteiger partial charge in [0.05, 0.1) is 0 Å². The summed E-state index contributed by atoms with van der Waals surface area (Å²) in [4.78, 5) is 0. The van der Waals surface area contributed by atoms with Gasteiger partial charge in [-0.25, -0.2) is 0 Å². The molecule has 2 atom stereocenters. The Kier molecular flexibility index (Phi) is 7.56. The second kappa shape index (κ2) is 10.1. The molecule has 0 fully saturated rings. The Labute approximate surface area is 167 Å². The predicted molar refractivity (Wildman–Crippen MR) is 119 cm³/mol. The Bertz CT molecular complexity index is 694. The quantitative estimate of drug-likeness (QED) is 0.396. The van der Waals surface area contributed by atoms with Gasteiger partial charge in [0.1, 0.15) is 0 Å². The molecule has 2 unspecified atom stereocenters. The van der Waals surface area contributed by atoms with Crippen LogP contribution in [-0.2, 0) is 19.3 Å². The van der Waals surface area contributed by atoms with Crippen molar-refractivity contribution < 1.29 is 0 Å². The summed E-state index contributed by atoms with van der Waals surface area (Å²) in [7, 11) is 0. The van der Waals surface area contributed by atoms with E-state index in [2.05, 4.69) is 63.2 Å². The molecule has 0 aliphatic heterocycles. The van der Waals surface area contributed by atoms with Crippen LogP contribution in [0.1, 0.15) is 82.4 Å². The fourth-order valence-electron chi connectivity index (χ4n) is 4.57. The summed E-state index contributed by atoms with van der Waals surface area (Å²) in [5.41, 5.74) is 7.45. The summed E-state index contributed by atoms with van der Waals surface area (Å²) in [5, 5.41) is 0. The largest absolute Gasteiger partial charge is 0.0654 e. The van der Waals surface area contributed by atoms with Crippen LogP contribution in [0.15, 0.2) is 42.5 Å². The zero-order valence-corrected chi connectivity index (χ0v) is 17.8. The average molecular weight is 363 g/mol. The van der Waals surface area contributed by atoms with E-state index in [1.54, 1.807) is 11.1 Å². The van der Waals surface area contributed by atoms with Crippen molar-refractivity contribution in [1.82, 2.24) is 0 Å². The SMILES string of the molecule is CCCCCCc1ccc(-c2ccc3c(c2)CCC(CC(C)CC)C3)cc1. The summed E-state index contributed by atoms with van der Waals surface area (Å²) in [6.45, 7) is 7.01. The van der Waals surface area contributed by atoms with Gasteiger partial charge in [0, 0.05) is 0 Å². The fourth-order valence-corrected chi connectivity index (χ4v) is 4.57. The molecule has 0 amide bonds.